The van der Waals surface area contributed by atoms with Crippen LogP contribution in [0.1, 0.15) is 13.3 Å². The summed E-state index contributed by atoms with van der Waals surface area (Å²) in [6, 6.07) is 4.52. The molecule has 0 fully saturated rings. The van der Waals surface area contributed by atoms with Gasteiger partial charge >= 0.3 is 6.01 Å². The fourth-order valence-electron chi connectivity index (χ4n) is 1.49. The van der Waals surface area contributed by atoms with Crippen LogP contribution in [0.25, 0.3) is 11.4 Å². The maximum atomic E-state index is 13.2. The first-order valence-corrected chi connectivity index (χ1v) is 6.54. The van der Waals surface area contributed by atoms with Crippen molar-refractivity contribution in [3.63, 3.8) is 0 Å². The van der Waals surface area contributed by atoms with Gasteiger partial charge in [0.2, 0.25) is 5.95 Å². The summed E-state index contributed by atoms with van der Waals surface area (Å²) in [5.74, 6) is 0.264. The zero-order valence-corrected chi connectivity index (χ0v) is 11.9. The summed E-state index contributed by atoms with van der Waals surface area (Å²) in [5.41, 5.74) is 0.594. The second kappa shape index (κ2) is 6.47. The maximum absolute atomic E-state index is 13.2. The third-order valence-corrected chi connectivity index (χ3v) is 2.74. The van der Waals surface area contributed by atoms with Gasteiger partial charge in [-0.15, -0.1) is 0 Å². The van der Waals surface area contributed by atoms with Crippen molar-refractivity contribution in [2.75, 3.05) is 19.0 Å². The van der Waals surface area contributed by atoms with E-state index in [4.69, 9.17) is 16.3 Å². The van der Waals surface area contributed by atoms with Gasteiger partial charge in [-0.3, -0.25) is 0 Å². The SMILES string of the molecule is CCCOc1nc(NC)nc(-c2ccc(F)c(Cl)c2)n1. The third kappa shape index (κ3) is 3.33. The summed E-state index contributed by atoms with van der Waals surface area (Å²) in [6.07, 6.45) is 0.846. The van der Waals surface area contributed by atoms with Gasteiger partial charge < -0.3 is 10.1 Å². The Labute approximate surface area is 121 Å². The molecule has 0 aliphatic carbocycles. The van der Waals surface area contributed by atoms with Gasteiger partial charge in [-0.2, -0.15) is 15.0 Å². The van der Waals surface area contributed by atoms with Gasteiger partial charge in [0.1, 0.15) is 5.82 Å². The van der Waals surface area contributed by atoms with E-state index in [1.807, 2.05) is 6.92 Å². The number of hydrogen-bond acceptors (Lipinski definition) is 5. The molecule has 0 radical (unpaired) electrons. The molecule has 0 saturated carbocycles. The number of hydrogen-bond donors (Lipinski definition) is 1. The smallest absolute Gasteiger partial charge is 0.321 e. The number of rotatable bonds is 5. The van der Waals surface area contributed by atoms with Gasteiger partial charge in [-0.1, -0.05) is 18.5 Å². The molecular weight excluding hydrogens is 283 g/mol. The summed E-state index contributed by atoms with van der Waals surface area (Å²) >= 11 is 5.77. The highest BCUT2D eigenvalue weighted by molar-refractivity contribution is 6.31. The molecule has 0 atom stereocenters. The zero-order valence-electron chi connectivity index (χ0n) is 11.2. The van der Waals surface area contributed by atoms with E-state index < -0.39 is 5.82 Å². The molecule has 1 N–H and O–H groups in total. The van der Waals surface area contributed by atoms with Crippen molar-refractivity contribution in [3.05, 3.63) is 29.0 Å². The topological polar surface area (TPSA) is 59.9 Å². The van der Waals surface area contributed by atoms with Crippen molar-refractivity contribution in [2.45, 2.75) is 13.3 Å². The lowest BCUT2D eigenvalue weighted by Crippen LogP contribution is -2.06. The van der Waals surface area contributed by atoms with Crippen molar-refractivity contribution < 1.29 is 9.13 Å². The Bertz CT molecular complexity index is 609. The number of nitrogens with zero attached hydrogens (tertiary/aromatic N) is 3. The molecule has 0 aliphatic heterocycles. The standard InChI is InChI=1S/C13H14ClFN4O/c1-3-6-20-13-18-11(17-12(16-2)19-13)8-4-5-10(15)9(14)7-8/h4-5,7H,3,6H2,1-2H3,(H,16,17,18,19). The van der Waals surface area contributed by atoms with E-state index in [9.17, 15) is 4.39 Å². The lowest BCUT2D eigenvalue weighted by molar-refractivity contribution is 0.292. The molecule has 5 nitrogen and oxygen atoms in total. The van der Waals surface area contributed by atoms with Gasteiger partial charge in [0, 0.05) is 12.6 Å². The first kappa shape index (κ1) is 14.5. The summed E-state index contributed by atoms with van der Waals surface area (Å²) < 4.78 is 18.6. The minimum atomic E-state index is -0.485. The predicted molar refractivity (Wildman–Crippen MR) is 75.6 cm³/mol. The molecule has 1 aromatic heterocycles. The van der Waals surface area contributed by atoms with E-state index in [0.717, 1.165) is 6.42 Å². The fourth-order valence-corrected chi connectivity index (χ4v) is 1.67. The van der Waals surface area contributed by atoms with Crippen LogP contribution in [0, 0.1) is 5.82 Å². The Hall–Kier alpha value is -1.95. The molecule has 1 heterocycles. The number of anilines is 1. The summed E-state index contributed by atoms with van der Waals surface area (Å²) in [4.78, 5) is 12.5. The molecule has 0 spiro atoms. The second-order valence-electron chi connectivity index (χ2n) is 3.99. The molecule has 2 rings (SSSR count). The number of aromatic nitrogens is 3. The van der Waals surface area contributed by atoms with Crippen LogP contribution in [-0.2, 0) is 0 Å². The maximum Gasteiger partial charge on any atom is 0.321 e. The first-order valence-electron chi connectivity index (χ1n) is 6.16. The van der Waals surface area contributed by atoms with E-state index in [0.29, 0.717) is 23.9 Å². The van der Waals surface area contributed by atoms with E-state index >= 15 is 0 Å². The molecular formula is C13H14ClFN4O. The predicted octanol–water partition coefficient (Wildman–Crippen LogP) is 3.16. The first-order chi connectivity index (χ1) is 9.63. The minimum Gasteiger partial charge on any atom is -0.463 e. The van der Waals surface area contributed by atoms with Crippen LogP contribution in [0.2, 0.25) is 5.02 Å². The largest absolute Gasteiger partial charge is 0.463 e. The highest BCUT2D eigenvalue weighted by Gasteiger charge is 2.10. The Kier molecular flexibility index (Phi) is 4.68. The zero-order chi connectivity index (χ0) is 14.5. The van der Waals surface area contributed by atoms with Crippen LogP contribution in [0.3, 0.4) is 0 Å². The lowest BCUT2D eigenvalue weighted by Gasteiger charge is -2.08. The average Bonchev–Trinajstić information content (AvgIpc) is 2.47. The molecule has 0 aliphatic rings. The van der Waals surface area contributed by atoms with Crippen molar-refractivity contribution in [3.8, 4) is 17.4 Å². The van der Waals surface area contributed by atoms with Crippen LogP contribution in [0.15, 0.2) is 18.2 Å². The molecule has 2 aromatic rings. The Morgan fingerprint density at radius 3 is 2.75 bits per heavy atom. The number of ether oxygens (including phenoxy) is 1. The van der Waals surface area contributed by atoms with E-state index in [1.165, 1.54) is 12.1 Å². The summed E-state index contributed by atoms with van der Waals surface area (Å²) in [6.45, 7) is 2.50. The highest BCUT2D eigenvalue weighted by Crippen LogP contribution is 2.24. The van der Waals surface area contributed by atoms with E-state index in [2.05, 4.69) is 20.3 Å². The van der Waals surface area contributed by atoms with Gasteiger partial charge in [-0.05, 0) is 24.6 Å². The van der Waals surface area contributed by atoms with Crippen LogP contribution < -0.4 is 10.1 Å². The van der Waals surface area contributed by atoms with Crippen molar-refractivity contribution in [2.24, 2.45) is 0 Å². The number of benzene rings is 1. The van der Waals surface area contributed by atoms with Gasteiger partial charge in [0.05, 0.1) is 11.6 Å². The molecule has 20 heavy (non-hydrogen) atoms. The van der Waals surface area contributed by atoms with Crippen LogP contribution in [0.5, 0.6) is 6.01 Å². The Morgan fingerprint density at radius 2 is 2.10 bits per heavy atom. The van der Waals surface area contributed by atoms with Crippen molar-refractivity contribution in [1.29, 1.82) is 0 Å². The monoisotopic (exact) mass is 296 g/mol. The fraction of sp³-hybridized carbons (Fsp3) is 0.308. The van der Waals surface area contributed by atoms with E-state index in [1.54, 1.807) is 13.1 Å². The molecule has 0 unspecified atom stereocenters. The minimum absolute atomic E-state index is 0.0185. The molecule has 7 heteroatoms. The summed E-state index contributed by atoms with van der Waals surface area (Å²) in [5, 5.41) is 2.85. The number of halogens is 2. The highest BCUT2D eigenvalue weighted by atomic mass is 35.5. The normalized spacial score (nSPS) is 10.4. The Morgan fingerprint density at radius 1 is 1.30 bits per heavy atom. The van der Waals surface area contributed by atoms with Gasteiger partial charge in [0.15, 0.2) is 5.82 Å². The third-order valence-electron chi connectivity index (χ3n) is 2.45. The van der Waals surface area contributed by atoms with Crippen molar-refractivity contribution >= 4 is 17.5 Å². The molecule has 0 bridgehead atoms. The molecule has 106 valence electrons. The molecule has 1 aromatic carbocycles. The average molecular weight is 297 g/mol. The van der Waals surface area contributed by atoms with Crippen LogP contribution in [-0.4, -0.2) is 28.6 Å². The molecule has 0 saturated heterocycles. The van der Waals surface area contributed by atoms with Crippen LogP contribution in [0.4, 0.5) is 10.3 Å². The second-order valence-corrected chi connectivity index (χ2v) is 4.40. The number of nitrogens with one attached hydrogen (secondary N) is 1. The van der Waals surface area contributed by atoms with Crippen molar-refractivity contribution in [1.82, 2.24) is 15.0 Å². The van der Waals surface area contributed by atoms with Crippen LogP contribution >= 0.6 is 11.6 Å². The summed E-state index contributed by atoms with van der Waals surface area (Å²) in [7, 11) is 1.69. The quantitative estimate of drug-likeness (QED) is 0.918. The Balaban J connectivity index is 2.41. The van der Waals surface area contributed by atoms with E-state index in [-0.39, 0.29) is 11.0 Å². The lowest BCUT2D eigenvalue weighted by atomic mass is 10.2. The van der Waals surface area contributed by atoms with Gasteiger partial charge in [-0.25, -0.2) is 4.39 Å². The van der Waals surface area contributed by atoms with Gasteiger partial charge in [0.25, 0.3) is 0 Å². The molecule has 0 amide bonds.